The first-order valence-corrected chi connectivity index (χ1v) is 12.6. The van der Waals surface area contributed by atoms with Crippen LogP contribution in [0.3, 0.4) is 0 Å². The fraction of sp³-hybridized carbons (Fsp3) is 0.286. The normalized spacial score (nSPS) is 12.3. The van der Waals surface area contributed by atoms with E-state index in [1.165, 1.54) is 16.4 Å². The Bertz CT molecular complexity index is 1370. The van der Waals surface area contributed by atoms with E-state index in [1.54, 1.807) is 50.2 Å². The van der Waals surface area contributed by atoms with E-state index in [0.717, 1.165) is 16.3 Å². The molecule has 2 heterocycles. The van der Waals surface area contributed by atoms with Gasteiger partial charge in [0.05, 0.1) is 21.7 Å². The Balaban J connectivity index is 1.55. The number of rotatable bonds is 9. The molecule has 0 radical (unpaired) electrons. The van der Waals surface area contributed by atoms with Gasteiger partial charge in [0.25, 0.3) is 5.22 Å². The molecule has 0 amide bonds. The van der Waals surface area contributed by atoms with Crippen molar-refractivity contribution in [3.63, 3.8) is 0 Å². The molecule has 0 atom stereocenters. The second-order valence-corrected chi connectivity index (χ2v) is 9.81. The van der Waals surface area contributed by atoms with Crippen molar-refractivity contribution in [3.05, 3.63) is 54.4 Å². The minimum atomic E-state index is -3.64. The number of para-hydroxylation sites is 2. The van der Waals surface area contributed by atoms with Gasteiger partial charge in [-0.25, -0.2) is 13.4 Å². The Labute approximate surface area is 193 Å². The first-order chi connectivity index (χ1) is 15.8. The lowest BCUT2D eigenvalue weighted by molar-refractivity contribution is 0.0722. The molecule has 0 spiro atoms. The Morgan fingerprint density at radius 1 is 1.09 bits per heavy atom. The van der Waals surface area contributed by atoms with E-state index in [9.17, 15) is 17.2 Å². The van der Waals surface area contributed by atoms with Crippen LogP contribution in [0.4, 0.5) is 8.78 Å². The number of imidazole rings is 1. The van der Waals surface area contributed by atoms with Gasteiger partial charge in [0.15, 0.2) is 0 Å². The molecule has 0 unspecified atom stereocenters. The van der Waals surface area contributed by atoms with Gasteiger partial charge in [0, 0.05) is 18.7 Å². The number of aromatic nitrogens is 4. The molecule has 0 aliphatic heterocycles. The average molecular weight is 494 g/mol. The molecule has 33 heavy (non-hydrogen) atoms. The van der Waals surface area contributed by atoms with Crippen molar-refractivity contribution in [2.45, 2.75) is 36.3 Å². The number of fused-ring (bicyclic) bond motifs is 1. The molecule has 2 aromatic carbocycles. The van der Waals surface area contributed by atoms with Crippen molar-refractivity contribution in [2.24, 2.45) is 0 Å². The lowest BCUT2D eigenvalue weighted by atomic mass is 10.2. The number of hydrogen-bond acceptors (Lipinski definition) is 7. The number of benzene rings is 2. The molecule has 0 bridgehead atoms. The maximum absolute atomic E-state index is 13.6. The number of alkyl halides is 2. The van der Waals surface area contributed by atoms with Crippen LogP contribution in [0.1, 0.15) is 26.2 Å². The predicted octanol–water partition coefficient (Wildman–Crippen LogP) is 4.80. The third-order valence-electron chi connectivity index (χ3n) is 5.02. The molecule has 0 N–H and O–H groups in total. The molecular weight excluding hydrogens is 472 g/mol. The van der Waals surface area contributed by atoms with Crippen molar-refractivity contribution < 1.29 is 21.6 Å². The van der Waals surface area contributed by atoms with Gasteiger partial charge in [-0.3, -0.25) is 4.57 Å². The summed E-state index contributed by atoms with van der Waals surface area (Å²) in [7, 11) is -3.64. The minimum Gasteiger partial charge on any atom is -0.411 e. The molecule has 174 valence electrons. The fourth-order valence-corrected chi connectivity index (χ4v) is 5.62. The van der Waals surface area contributed by atoms with Crippen LogP contribution in [0.25, 0.3) is 22.5 Å². The second-order valence-electron chi connectivity index (χ2n) is 6.94. The van der Waals surface area contributed by atoms with Crippen LogP contribution < -0.4 is 0 Å². The molecule has 8 nitrogen and oxygen atoms in total. The summed E-state index contributed by atoms with van der Waals surface area (Å²) in [5.41, 5.74) is 1.27. The highest BCUT2D eigenvalue weighted by atomic mass is 32.2. The summed E-state index contributed by atoms with van der Waals surface area (Å²) < 4.78 is 60.7. The van der Waals surface area contributed by atoms with Crippen LogP contribution in [0.2, 0.25) is 0 Å². The van der Waals surface area contributed by atoms with E-state index in [4.69, 9.17) is 4.42 Å². The van der Waals surface area contributed by atoms with Gasteiger partial charge in [-0.2, -0.15) is 13.1 Å². The maximum atomic E-state index is 13.6. The molecular formula is C21H21F2N5O3S2. The molecule has 0 aliphatic carbocycles. The highest BCUT2D eigenvalue weighted by molar-refractivity contribution is 7.98. The largest absolute Gasteiger partial charge is 0.411 e. The molecule has 0 saturated heterocycles. The molecule has 12 heteroatoms. The highest BCUT2D eigenvalue weighted by Crippen LogP contribution is 2.30. The number of thioether (sulfide) groups is 1. The molecule has 0 aliphatic rings. The second kappa shape index (κ2) is 9.57. The quantitative estimate of drug-likeness (QED) is 0.309. The number of sulfonamides is 1. The van der Waals surface area contributed by atoms with Gasteiger partial charge in [-0.1, -0.05) is 43.8 Å². The monoisotopic (exact) mass is 493 g/mol. The third kappa shape index (κ3) is 4.63. The van der Waals surface area contributed by atoms with Crippen LogP contribution in [-0.4, -0.2) is 45.6 Å². The van der Waals surface area contributed by atoms with Crippen molar-refractivity contribution in [3.8, 4) is 11.5 Å². The zero-order valence-electron chi connectivity index (χ0n) is 17.9. The average Bonchev–Trinajstić information content (AvgIpc) is 3.43. The maximum Gasteiger partial charge on any atom is 0.320 e. The van der Waals surface area contributed by atoms with E-state index in [2.05, 4.69) is 15.2 Å². The highest BCUT2D eigenvalue weighted by Gasteiger charge is 2.23. The van der Waals surface area contributed by atoms with Gasteiger partial charge in [-0.05, 0) is 30.3 Å². The summed E-state index contributed by atoms with van der Waals surface area (Å²) in [5.74, 6) is 0.413. The van der Waals surface area contributed by atoms with E-state index in [1.807, 2.05) is 0 Å². The van der Waals surface area contributed by atoms with Crippen molar-refractivity contribution in [2.75, 3.05) is 13.1 Å². The van der Waals surface area contributed by atoms with Gasteiger partial charge in [0.1, 0.15) is 5.82 Å². The Morgan fingerprint density at radius 3 is 2.58 bits per heavy atom. The zero-order valence-corrected chi connectivity index (χ0v) is 19.5. The molecule has 0 saturated carbocycles. The number of hydrogen-bond donors (Lipinski definition) is 0. The van der Waals surface area contributed by atoms with E-state index in [-0.39, 0.29) is 27.6 Å². The van der Waals surface area contributed by atoms with E-state index < -0.39 is 16.6 Å². The van der Waals surface area contributed by atoms with Gasteiger partial charge >= 0.3 is 6.55 Å². The molecule has 4 rings (SSSR count). The van der Waals surface area contributed by atoms with E-state index in [0.29, 0.717) is 29.7 Å². The first kappa shape index (κ1) is 23.3. The smallest absolute Gasteiger partial charge is 0.320 e. The SMILES string of the molecule is CCN(CC)S(=O)(=O)c1cccc(-c2nnc(SCc3nc4ccccc4n3C(F)F)o2)c1. The van der Waals surface area contributed by atoms with Crippen molar-refractivity contribution in [1.82, 2.24) is 24.1 Å². The number of halogens is 2. The summed E-state index contributed by atoms with van der Waals surface area (Å²) >= 11 is 1.07. The summed E-state index contributed by atoms with van der Waals surface area (Å²) in [4.78, 5) is 4.41. The molecule has 4 aromatic rings. The van der Waals surface area contributed by atoms with Crippen LogP contribution in [0.5, 0.6) is 0 Å². The summed E-state index contributed by atoms with van der Waals surface area (Å²) in [6.07, 6.45) is 0. The van der Waals surface area contributed by atoms with Crippen LogP contribution in [0, 0.1) is 0 Å². The summed E-state index contributed by atoms with van der Waals surface area (Å²) in [6, 6.07) is 12.9. The van der Waals surface area contributed by atoms with E-state index >= 15 is 0 Å². The topological polar surface area (TPSA) is 94.1 Å². The molecule has 0 fully saturated rings. The Kier molecular flexibility index (Phi) is 6.77. The summed E-state index contributed by atoms with van der Waals surface area (Å²) in [6.45, 7) is 1.52. The Morgan fingerprint density at radius 2 is 1.85 bits per heavy atom. The number of nitrogens with zero attached hydrogens (tertiary/aromatic N) is 5. The lowest BCUT2D eigenvalue weighted by Crippen LogP contribution is -2.30. The standard InChI is InChI=1S/C21H21F2N5O3S2/c1-3-27(4-2)33(29,30)15-9-7-8-14(12-15)19-25-26-21(31-19)32-13-18-24-16-10-5-6-11-17(16)28(18)20(22)23/h5-12,20H,3-4,13H2,1-2H3. The fourth-order valence-electron chi connectivity index (χ4n) is 3.43. The zero-order chi connectivity index (χ0) is 23.6. The van der Waals surface area contributed by atoms with Gasteiger partial charge in [-0.15, -0.1) is 10.2 Å². The minimum absolute atomic E-state index is 0.0943. The van der Waals surface area contributed by atoms with Crippen molar-refractivity contribution >= 4 is 32.8 Å². The summed E-state index contributed by atoms with van der Waals surface area (Å²) in [5, 5.41) is 8.11. The third-order valence-corrected chi connectivity index (χ3v) is 7.88. The lowest BCUT2D eigenvalue weighted by Gasteiger charge is -2.18. The predicted molar refractivity (Wildman–Crippen MR) is 120 cm³/mol. The molecule has 2 aromatic heterocycles. The van der Waals surface area contributed by atoms with Crippen LogP contribution in [0.15, 0.2) is 63.1 Å². The van der Waals surface area contributed by atoms with Crippen molar-refractivity contribution in [1.29, 1.82) is 0 Å². The van der Waals surface area contributed by atoms with Gasteiger partial charge in [0.2, 0.25) is 15.9 Å². The van der Waals surface area contributed by atoms with Gasteiger partial charge < -0.3 is 4.42 Å². The Hall–Kier alpha value is -2.83. The van der Waals surface area contributed by atoms with Crippen LogP contribution >= 0.6 is 11.8 Å². The van der Waals surface area contributed by atoms with Crippen LogP contribution in [-0.2, 0) is 15.8 Å². The first-order valence-electron chi connectivity index (χ1n) is 10.2.